The summed E-state index contributed by atoms with van der Waals surface area (Å²) in [5, 5.41) is 8.06. The molecule has 82 valence electrons. The molecule has 0 spiro atoms. The Morgan fingerprint density at radius 2 is 1.69 bits per heavy atom. The van der Waals surface area contributed by atoms with Gasteiger partial charge in [0.2, 0.25) is 0 Å². The van der Waals surface area contributed by atoms with Crippen molar-refractivity contribution in [2.24, 2.45) is 10.1 Å². The van der Waals surface area contributed by atoms with Crippen molar-refractivity contribution in [3.63, 3.8) is 0 Å². The first-order valence-electron chi connectivity index (χ1n) is 6.09. The predicted octanol–water partition coefficient (Wildman–Crippen LogP) is 2.02. The monoisotopic (exact) mass is 213 g/mol. The van der Waals surface area contributed by atoms with Crippen molar-refractivity contribution in [3.8, 4) is 0 Å². The van der Waals surface area contributed by atoms with Crippen LogP contribution in [-0.2, 0) is 12.8 Å². The van der Waals surface area contributed by atoms with Gasteiger partial charge in [-0.15, -0.1) is 0 Å². The Labute approximate surface area is 97.0 Å². The molecule has 0 unspecified atom stereocenters. The first-order chi connectivity index (χ1) is 7.88. The normalized spacial score (nSPS) is 18.9. The van der Waals surface area contributed by atoms with Crippen molar-refractivity contribution in [2.75, 3.05) is 18.0 Å². The maximum Gasteiger partial charge on any atom is 0.273 e. The fourth-order valence-corrected chi connectivity index (χ4v) is 2.96. The minimum absolute atomic E-state index is 1.03. The van der Waals surface area contributed by atoms with Gasteiger partial charge in [-0.25, -0.2) is 0 Å². The third-order valence-corrected chi connectivity index (χ3v) is 3.53. The van der Waals surface area contributed by atoms with Gasteiger partial charge in [-0.05, 0) is 48.9 Å². The standard InChI is InChI=1S/C12H16BN3/c13-15-14-11-7-9-3-1-5-16-6-2-4-10(8-11)12(9)16/h7-8H,1-6,13H2. The Balaban J connectivity index is 2.13. The highest BCUT2D eigenvalue weighted by molar-refractivity contribution is 6.04. The summed E-state index contributed by atoms with van der Waals surface area (Å²) < 4.78 is 0. The minimum atomic E-state index is 1.03. The van der Waals surface area contributed by atoms with Crippen LogP contribution in [0, 0.1) is 0 Å². The van der Waals surface area contributed by atoms with Crippen LogP contribution in [0.1, 0.15) is 24.0 Å². The van der Waals surface area contributed by atoms with Gasteiger partial charge in [0, 0.05) is 18.8 Å². The summed E-state index contributed by atoms with van der Waals surface area (Å²) in [7, 11) is 1.73. The second-order valence-electron chi connectivity index (χ2n) is 4.61. The Bertz CT molecular complexity index is 411. The predicted molar refractivity (Wildman–Crippen MR) is 68.4 cm³/mol. The first-order valence-corrected chi connectivity index (χ1v) is 6.09. The van der Waals surface area contributed by atoms with E-state index >= 15 is 0 Å². The highest BCUT2D eigenvalue weighted by atomic mass is 15.1. The van der Waals surface area contributed by atoms with Crippen LogP contribution in [0.3, 0.4) is 0 Å². The zero-order valence-electron chi connectivity index (χ0n) is 9.74. The van der Waals surface area contributed by atoms with Gasteiger partial charge in [0.05, 0.1) is 5.69 Å². The van der Waals surface area contributed by atoms with Crippen LogP contribution in [0.5, 0.6) is 0 Å². The molecule has 16 heavy (non-hydrogen) atoms. The summed E-state index contributed by atoms with van der Waals surface area (Å²) in [6.45, 7) is 2.46. The Hall–Kier alpha value is -1.32. The molecule has 0 amide bonds. The average Bonchev–Trinajstić information content (AvgIpc) is 2.30. The molecule has 1 aromatic carbocycles. The van der Waals surface area contributed by atoms with E-state index in [-0.39, 0.29) is 0 Å². The first kappa shape index (κ1) is 9.88. The van der Waals surface area contributed by atoms with Gasteiger partial charge >= 0.3 is 0 Å². The zero-order valence-corrected chi connectivity index (χ0v) is 9.74. The second-order valence-corrected chi connectivity index (χ2v) is 4.61. The molecule has 4 heteroatoms. The lowest BCUT2D eigenvalue weighted by molar-refractivity contribution is 0.634. The number of rotatable bonds is 1. The molecular weight excluding hydrogens is 197 g/mol. The summed E-state index contributed by atoms with van der Waals surface area (Å²) in [5.74, 6) is 0. The molecule has 0 aromatic heterocycles. The molecule has 0 saturated heterocycles. The van der Waals surface area contributed by atoms with Crippen LogP contribution in [0.4, 0.5) is 11.4 Å². The Kier molecular flexibility index (Phi) is 2.42. The fourth-order valence-electron chi connectivity index (χ4n) is 2.96. The van der Waals surface area contributed by atoms with Crippen molar-refractivity contribution in [2.45, 2.75) is 25.7 Å². The number of hydrogen-bond donors (Lipinski definition) is 0. The van der Waals surface area contributed by atoms with Gasteiger partial charge in [0.25, 0.3) is 7.98 Å². The summed E-state index contributed by atoms with van der Waals surface area (Å²) in [4.78, 5) is 2.55. The third-order valence-electron chi connectivity index (χ3n) is 3.53. The van der Waals surface area contributed by atoms with E-state index in [0.29, 0.717) is 0 Å². The lowest BCUT2D eigenvalue weighted by Gasteiger charge is -2.36. The number of anilines is 1. The van der Waals surface area contributed by atoms with Crippen molar-refractivity contribution in [3.05, 3.63) is 23.3 Å². The van der Waals surface area contributed by atoms with Gasteiger partial charge in [-0.1, -0.05) is 0 Å². The maximum atomic E-state index is 4.18. The van der Waals surface area contributed by atoms with Gasteiger partial charge in [-0.3, -0.25) is 5.03 Å². The highest BCUT2D eigenvalue weighted by Gasteiger charge is 2.23. The van der Waals surface area contributed by atoms with Gasteiger partial charge in [0.15, 0.2) is 0 Å². The van der Waals surface area contributed by atoms with E-state index in [0.717, 1.165) is 5.69 Å². The van der Waals surface area contributed by atoms with E-state index in [1.807, 2.05) is 0 Å². The number of hydrogen-bond acceptors (Lipinski definition) is 3. The van der Waals surface area contributed by atoms with Crippen LogP contribution < -0.4 is 4.90 Å². The molecular formula is C12H16BN3. The van der Waals surface area contributed by atoms with E-state index < -0.39 is 0 Å². The van der Waals surface area contributed by atoms with Crippen LogP contribution in [-0.4, -0.2) is 21.1 Å². The van der Waals surface area contributed by atoms with Gasteiger partial charge in [0.1, 0.15) is 0 Å². The number of benzene rings is 1. The lowest BCUT2D eigenvalue weighted by Crippen LogP contribution is -2.34. The maximum absolute atomic E-state index is 4.18. The molecule has 1 aromatic rings. The molecule has 0 N–H and O–H groups in total. The molecule has 0 bridgehead atoms. The molecule has 0 radical (unpaired) electrons. The summed E-state index contributed by atoms with van der Waals surface area (Å²) in [6.07, 6.45) is 4.95. The molecule has 2 aliphatic heterocycles. The lowest BCUT2D eigenvalue weighted by atomic mass is 9.91. The molecule has 3 nitrogen and oxygen atoms in total. The largest absolute Gasteiger partial charge is 0.371 e. The van der Waals surface area contributed by atoms with Crippen LogP contribution in [0.25, 0.3) is 0 Å². The highest BCUT2D eigenvalue weighted by Crippen LogP contribution is 2.37. The third kappa shape index (κ3) is 1.53. The zero-order chi connectivity index (χ0) is 11.0. The fraction of sp³-hybridized carbons (Fsp3) is 0.500. The Morgan fingerprint density at radius 1 is 1.06 bits per heavy atom. The number of nitrogens with zero attached hydrogens (tertiary/aromatic N) is 3. The molecule has 0 aliphatic carbocycles. The van der Waals surface area contributed by atoms with Crippen molar-refractivity contribution < 1.29 is 0 Å². The summed E-state index contributed by atoms with van der Waals surface area (Å²) >= 11 is 0. The molecule has 3 rings (SSSR count). The minimum Gasteiger partial charge on any atom is -0.371 e. The average molecular weight is 213 g/mol. The SMILES string of the molecule is BN=Nc1cc2c3c(c1)CCCN3CCC2. The molecule has 0 saturated carbocycles. The van der Waals surface area contributed by atoms with Gasteiger partial charge in [-0.2, -0.15) is 5.11 Å². The van der Waals surface area contributed by atoms with Crippen LogP contribution in [0.15, 0.2) is 22.3 Å². The molecule has 0 atom stereocenters. The van der Waals surface area contributed by atoms with Crippen molar-refractivity contribution in [1.82, 2.24) is 0 Å². The number of aryl methyl sites for hydroxylation is 2. The second kappa shape index (κ2) is 3.93. The van der Waals surface area contributed by atoms with Crippen molar-refractivity contribution in [1.29, 1.82) is 0 Å². The Morgan fingerprint density at radius 3 is 2.25 bits per heavy atom. The van der Waals surface area contributed by atoms with E-state index in [2.05, 4.69) is 27.2 Å². The van der Waals surface area contributed by atoms with Crippen LogP contribution >= 0.6 is 0 Å². The summed E-state index contributed by atoms with van der Waals surface area (Å²) in [6, 6.07) is 4.42. The molecule has 0 fully saturated rings. The van der Waals surface area contributed by atoms with Crippen molar-refractivity contribution >= 4 is 19.4 Å². The van der Waals surface area contributed by atoms with Crippen LogP contribution in [0.2, 0.25) is 0 Å². The summed E-state index contributed by atoms with van der Waals surface area (Å²) in [5.41, 5.74) is 5.49. The molecule has 2 aliphatic rings. The van der Waals surface area contributed by atoms with E-state index in [9.17, 15) is 0 Å². The van der Waals surface area contributed by atoms with E-state index in [1.165, 1.54) is 55.6 Å². The van der Waals surface area contributed by atoms with E-state index in [4.69, 9.17) is 0 Å². The van der Waals surface area contributed by atoms with E-state index in [1.54, 1.807) is 7.98 Å². The quantitative estimate of drug-likeness (QED) is 0.518. The smallest absolute Gasteiger partial charge is 0.273 e. The molecule has 2 heterocycles. The topological polar surface area (TPSA) is 28.0 Å². The van der Waals surface area contributed by atoms with Gasteiger partial charge < -0.3 is 4.90 Å².